The van der Waals surface area contributed by atoms with Gasteiger partial charge in [-0.25, -0.2) is 26.8 Å². The second-order valence-electron chi connectivity index (χ2n) is 8.17. The molecule has 2 aromatic heterocycles. The Morgan fingerprint density at radius 1 is 0.909 bits per heavy atom. The van der Waals surface area contributed by atoms with Crippen LogP contribution in [0.2, 0.25) is 0 Å². The highest BCUT2D eigenvalue weighted by Crippen LogP contribution is 2.30. The van der Waals surface area contributed by atoms with Crippen LogP contribution in [0.3, 0.4) is 0 Å². The van der Waals surface area contributed by atoms with Crippen molar-refractivity contribution >= 4 is 31.6 Å². The second kappa shape index (κ2) is 8.75. The van der Waals surface area contributed by atoms with Crippen molar-refractivity contribution in [3.63, 3.8) is 0 Å². The summed E-state index contributed by atoms with van der Waals surface area (Å²) in [7, 11) is -7.78. The molecule has 0 amide bonds. The van der Waals surface area contributed by atoms with Crippen LogP contribution in [0.1, 0.15) is 48.9 Å². The molecule has 2 N–H and O–H groups in total. The van der Waals surface area contributed by atoms with Gasteiger partial charge in [0.15, 0.2) is 0 Å². The molecular formula is C21H26N6O4S2. The van der Waals surface area contributed by atoms with E-state index in [0.717, 1.165) is 25.7 Å². The van der Waals surface area contributed by atoms with E-state index in [4.69, 9.17) is 0 Å². The molecule has 2 heterocycles. The molecule has 1 saturated carbocycles. The van der Waals surface area contributed by atoms with Crippen molar-refractivity contribution in [2.75, 3.05) is 9.44 Å². The number of anilines is 2. The molecule has 1 aliphatic rings. The molecule has 33 heavy (non-hydrogen) atoms. The van der Waals surface area contributed by atoms with Gasteiger partial charge in [-0.05, 0) is 57.9 Å². The molecule has 1 fully saturated rings. The summed E-state index contributed by atoms with van der Waals surface area (Å²) >= 11 is 0. The molecule has 0 bridgehead atoms. The van der Waals surface area contributed by atoms with Crippen molar-refractivity contribution in [3.8, 4) is 0 Å². The zero-order valence-electron chi connectivity index (χ0n) is 18.6. The van der Waals surface area contributed by atoms with Crippen molar-refractivity contribution in [2.45, 2.75) is 62.3 Å². The van der Waals surface area contributed by atoms with E-state index in [0.29, 0.717) is 17.2 Å². The monoisotopic (exact) mass is 490 g/mol. The molecule has 12 heteroatoms. The van der Waals surface area contributed by atoms with E-state index in [-0.39, 0.29) is 27.3 Å². The van der Waals surface area contributed by atoms with Gasteiger partial charge in [-0.1, -0.05) is 12.8 Å². The van der Waals surface area contributed by atoms with Crippen LogP contribution >= 0.6 is 0 Å². The SMILES string of the molecule is Cc1cc(NS(=O)(=O)c2ccc(NS(=O)(=O)c3cn(C4CCCC4)nc3C)cc2)nc(C)n1. The van der Waals surface area contributed by atoms with Gasteiger partial charge in [0.05, 0.1) is 16.6 Å². The predicted molar refractivity (Wildman–Crippen MR) is 124 cm³/mol. The molecule has 0 saturated heterocycles. The first kappa shape index (κ1) is 23.2. The van der Waals surface area contributed by atoms with E-state index < -0.39 is 20.0 Å². The average molecular weight is 491 g/mol. The molecule has 4 rings (SSSR count). The molecule has 3 aromatic rings. The Hall–Kier alpha value is -2.99. The van der Waals surface area contributed by atoms with E-state index in [2.05, 4.69) is 24.5 Å². The number of aryl methyl sites for hydroxylation is 3. The summed E-state index contributed by atoms with van der Waals surface area (Å²) < 4.78 is 57.9. The number of rotatable bonds is 7. The van der Waals surface area contributed by atoms with Gasteiger partial charge in [-0.2, -0.15) is 5.10 Å². The van der Waals surface area contributed by atoms with Gasteiger partial charge in [-0.15, -0.1) is 0 Å². The summed E-state index contributed by atoms with van der Waals surface area (Å²) in [6.45, 7) is 5.08. The Morgan fingerprint density at radius 3 is 2.21 bits per heavy atom. The summed E-state index contributed by atoms with van der Waals surface area (Å²) in [5.41, 5.74) is 1.31. The van der Waals surface area contributed by atoms with Crippen LogP contribution in [0.15, 0.2) is 46.3 Å². The molecule has 176 valence electrons. The molecular weight excluding hydrogens is 464 g/mol. The Kier molecular flexibility index (Phi) is 6.14. The highest BCUT2D eigenvalue weighted by molar-refractivity contribution is 7.93. The van der Waals surface area contributed by atoms with E-state index in [9.17, 15) is 16.8 Å². The highest BCUT2D eigenvalue weighted by Gasteiger charge is 2.25. The normalized spacial score (nSPS) is 15.0. The summed E-state index contributed by atoms with van der Waals surface area (Å²) in [4.78, 5) is 8.29. The summed E-state index contributed by atoms with van der Waals surface area (Å²) in [6, 6.07) is 7.22. The molecule has 0 unspecified atom stereocenters. The van der Waals surface area contributed by atoms with Crippen molar-refractivity contribution in [1.82, 2.24) is 19.7 Å². The van der Waals surface area contributed by atoms with Crippen molar-refractivity contribution in [2.24, 2.45) is 0 Å². The number of nitrogens with one attached hydrogen (secondary N) is 2. The maximum absolute atomic E-state index is 12.9. The molecule has 0 spiro atoms. The van der Waals surface area contributed by atoms with Crippen LogP contribution < -0.4 is 9.44 Å². The predicted octanol–water partition coefficient (Wildman–Crippen LogP) is 3.32. The van der Waals surface area contributed by atoms with Crippen molar-refractivity contribution in [3.05, 3.63) is 53.7 Å². The molecule has 0 atom stereocenters. The van der Waals surface area contributed by atoms with Crippen LogP contribution in [-0.2, 0) is 20.0 Å². The molecule has 1 aliphatic carbocycles. The summed E-state index contributed by atoms with van der Waals surface area (Å²) in [5, 5.41) is 4.40. The van der Waals surface area contributed by atoms with E-state index in [1.54, 1.807) is 31.6 Å². The van der Waals surface area contributed by atoms with Gasteiger partial charge >= 0.3 is 0 Å². The second-order valence-corrected chi connectivity index (χ2v) is 11.5. The molecule has 0 aliphatic heterocycles. The molecule has 0 radical (unpaired) electrons. The van der Waals surface area contributed by atoms with E-state index in [1.807, 2.05) is 0 Å². The van der Waals surface area contributed by atoms with Crippen LogP contribution in [0.5, 0.6) is 0 Å². The van der Waals surface area contributed by atoms with Crippen LogP contribution in [0.25, 0.3) is 0 Å². The standard InChI is InChI=1S/C21H26N6O4S2/c1-14-12-21(23-16(3)22-14)26-32(28,29)19-10-8-17(9-11-19)25-33(30,31)20-13-27(24-15(20)2)18-6-4-5-7-18/h8-13,18,25H,4-7H2,1-3H3,(H,22,23,26). The lowest BCUT2D eigenvalue weighted by molar-refractivity contribution is 0.464. The zero-order valence-corrected chi connectivity index (χ0v) is 20.2. The lowest BCUT2D eigenvalue weighted by Gasteiger charge is -2.10. The van der Waals surface area contributed by atoms with Gasteiger partial charge in [-0.3, -0.25) is 14.1 Å². The number of benzene rings is 1. The third-order valence-electron chi connectivity index (χ3n) is 5.48. The van der Waals surface area contributed by atoms with Gasteiger partial charge in [0.25, 0.3) is 20.0 Å². The smallest absolute Gasteiger partial charge is 0.265 e. The number of nitrogens with zero attached hydrogens (tertiary/aromatic N) is 4. The Morgan fingerprint density at radius 2 is 1.58 bits per heavy atom. The largest absolute Gasteiger partial charge is 0.280 e. The molecule has 10 nitrogen and oxygen atoms in total. The number of hydrogen-bond donors (Lipinski definition) is 2. The highest BCUT2D eigenvalue weighted by atomic mass is 32.2. The number of aromatic nitrogens is 4. The minimum Gasteiger partial charge on any atom is -0.280 e. The maximum atomic E-state index is 12.9. The lowest BCUT2D eigenvalue weighted by atomic mass is 10.3. The van der Waals surface area contributed by atoms with E-state index >= 15 is 0 Å². The van der Waals surface area contributed by atoms with Gasteiger partial charge < -0.3 is 0 Å². The minimum absolute atomic E-state index is 0.0235. The molecule has 1 aromatic carbocycles. The topological polar surface area (TPSA) is 136 Å². The first-order valence-electron chi connectivity index (χ1n) is 10.6. The third kappa shape index (κ3) is 5.17. The van der Waals surface area contributed by atoms with Crippen molar-refractivity contribution < 1.29 is 16.8 Å². The van der Waals surface area contributed by atoms with Gasteiger partial charge in [0.1, 0.15) is 16.5 Å². The zero-order chi connectivity index (χ0) is 23.8. The lowest BCUT2D eigenvalue weighted by Crippen LogP contribution is -2.16. The van der Waals surface area contributed by atoms with Crippen molar-refractivity contribution in [1.29, 1.82) is 0 Å². The fourth-order valence-electron chi connectivity index (χ4n) is 3.96. The Bertz CT molecular complexity index is 1360. The number of hydrogen-bond acceptors (Lipinski definition) is 7. The number of sulfonamides is 2. The minimum atomic E-state index is -3.90. The summed E-state index contributed by atoms with van der Waals surface area (Å²) in [6.07, 6.45) is 5.79. The quantitative estimate of drug-likeness (QED) is 0.518. The van der Waals surface area contributed by atoms with Gasteiger partial charge in [0, 0.05) is 23.6 Å². The van der Waals surface area contributed by atoms with Crippen LogP contribution in [0, 0.1) is 20.8 Å². The third-order valence-corrected chi connectivity index (χ3v) is 8.34. The van der Waals surface area contributed by atoms with Gasteiger partial charge in [0.2, 0.25) is 0 Å². The fraction of sp³-hybridized carbons (Fsp3) is 0.381. The van der Waals surface area contributed by atoms with Crippen LogP contribution in [0.4, 0.5) is 11.5 Å². The van der Waals surface area contributed by atoms with Crippen LogP contribution in [-0.4, -0.2) is 36.6 Å². The maximum Gasteiger partial charge on any atom is 0.265 e. The van der Waals surface area contributed by atoms with E-state index in [1.165, 1.54) is 30.3 Å². The fourth-order valence-corrected chi connectivity index (χ4v) is 6.19. The summed E-state index contributed by atoms with van der Waals surface area (Å²) in [5.74, 6) is 0.614. The first-order chi connectivity index (χ1) is 15.5. The average Bonchev–Trinajstić information content (AvgIpc) is 3.37. The Labute approximate surface area is 193 Å². The Balaban J connectivity index is 1.51. The first-order valence-corrected chi connectivity index (χ1v) is 13.5.